The quantitative estimate of drug-likeness (QED) is 0.603. The Morgan fingerprint density at radius 2 is 1.94 bits per heavy atom. The summed E-state index contributed by atoms with van der Waals surface area (Å²) in [5.74, 6) is -0.817. The highest BCUT2D eigenvalue weighted by Gasteiger charge is 2.34. The van der Waals surface area contributed by atoms with Gasteiger partial charge < -0.3 is 10.1 Å². The van der Waals surface area contributed by atoms with Gasteiger partial charge in [-0.05, 0) is 44.5 Å². The number of carbonyl (C=O) groups is 1. The first kappa shape index (κ1) is 23.4. The summed E-state index contributed by atoms with van der Waals surface area (Å²) in [6.45, 7) is 8.58. The molecule has 1 aromatic heterocycles. The molecule has 1 amide bonds. The summed E-state index contributed by atoms with van der Waals surface area (Å²) in [5, 5.41) is 4.22. The molecule has 2 aromatic rings. The van der Waals surface area contributed by atoms with Crippen LogP contribution in [0, 0.1) is 5.82 Å². The second-order valence-corrected chi connectivity index (χ2v) is 9.45. The summed E-state index contributed by atoms with van der Waals surface area (Å²) in [7, 11) is 1.54. The predicted molar refractivity (Wildman–Crippen MR) is 120 cm³/mol. The number of aromatic nitrogens is 1. The molecule has 31 heavy (non-hydrogen) atoms. The van der Waals surface area contributed by atoms with Crippen LogP contribution in [0.5, 0.6) is 0 Å². The highest BCUT2D eigenvalue weighted by molar-refractivity contribution is 9.10. The predicted octanol–water partition coefficient (Wildman–Crippen LogP) is 4.34. The van der Waals surface area contributed by atoms with Crippen molar-refractivity contribution in [2.45, 2.75) is 39.2 Å². The zero-order valence-corrected chi connectivity index (χ0v) is 19.9. The van der Waals surface area contributed by atoms with Crippen molar-refractivity contribution in [1.82, 2.24) is 9.63 Å². The van der Waals surface area contributed by atoms with Crippen LogP contribution in [0.1, 0.15) is 49.5 Å². The Hall–Kier alpha value is -2.23. The molecule has 168 valence electrons. The molecule has 0 spiro atoms. The van der Waals surface area contributed by atoms with E-state index in [1.807, 2.05) is 27.7 Å². The molecule has 0 radical (unpaired) electrons. The fraction of sp³-hybridized carbons (Fsp3) is 0.455. The van der Waals surface area contributed by atoms with Crippen LogP contribution in [0.3, 0.4) is 0 Å². The maximum absolute atomic E-state index is 14.4. The van der Waals surface area contributed by atoms with E-state index in [2.05, 4.69) is 21.2 Å². The number of amides is 1. The molecule has 9 heteroatoms. The third kappa shape index (κ3) is 5.34. The number of anilines is 2. The number of fused-ring (bicyclic) bond motifs is 1. The summed E-state index contributed by atoms with van der Waals surface area (Å²) in [6, 6.07) is 5.98. The van der Waals surface area contributed by atoms with Crippen molar-refractivity contribution >= 4 is 33.3 Å². The van der Waals surface area contributed by atoms with Crippen LogP contribution in [0.4, 0.5) is 15.9 Å². The largest absolute Gasteiger partial charge is 0.373 e. The highest BCUT2D eigenvalue weighted by Crippen LogP contribution is 2.33. The number of halogens is 2. The Morgan fingerprint density at radius 3 is 2.58 bits per heavy atom. The highest BCUT2D eigenvalue weighted by atomic mass is 79.9. The number of nitrogens with zero attached hydrogens (tertiary/aromatic N) is 2. The average molecular weight is 496 g/mol. The maximum Gasteiger partial charge on any atom is 0.281 e. The molecule has 1 aromatic carbocycles. The third-order valence-corrected chi connectivity index (χ3v) is 5.42. The van der Waals surface area contributed by atoms with Gasteiger partial charge in [0, 0.05) is 23.5 Å². The van der Waals surface area contributed by atoms with Gasteiger partial charge in [0.05, 0.1) is 36.6 Å². The minimum absolute atomic E-state index is 0.138. The molecule has 1 unspecified atom stereocenters. The van der Waals surface area contributed by atoms with Crippen LogP contribution in [-0.4, -0.2) is 40.9 Å². The van der Waals surface area contributed by atoms with E-state index in [9.17, 15) is 14.0 Å². The standard InChI is InChI=1S/C22H27BrFN3O4/c1-13-12-27(31-9-8-30-22(2,3)4)21(29)19-15(13)11-18(28)26(5)20(19)25-17-7-6-14(23)10-16(17)24/h6-7,10-11,13,25H,8-9,12H2,1-5H3. The Labute approximate surface area is 189 Å². The molecule has 2 heterocycles. The van der Waals surface area contributed by atoms with E-state index in [1.54, 1.807) is 6.07 Å². The minimum atomic E-state index is -0.511. The van der Waals surface area contributed by atoms with Crippen molar-refractivity contribution in [2.75, 3.05) is 25.1 Å². The topological polar surface area (TPSA) is 72.8 Å². The lowest BCUT2D eigenvalue weighted by atomic mass is 9.92. The van der Waals surface area contributed by atoms with Crippen molar-refractivity contribution in [1.29, 1.82) is 0 Å². The molecule has 0 saturated heterocycles. The maximum atomic E-state index is 14.4. The molecule has 1 N–H and O–H groups in total. The number of ether oxygens (including phenoxy) is 1. The van der Waals surface area contributed by atoms with E-state index >= 15 is 0 Å². The van der Waals surface area contributed by atoms with Crippen LogP contribution in [0.25, 0.3) is 0 Å². The summed E-state index contributed by atoms with van der Waals surface area (Å²) in [6.07, 6.45) is 0. The molecular formula is C22H27BrFN3O4. The fourth-order valence-corrected chi connectivity index (χ4v) is 3.69. The second-order valence-electron chi connectivity index (χ2n) is 8.53. The number of nitrogens with one attached hydrogen (secondary N) is 1. The molecule has 0 fully saturated rings. The van der Waals surface area contributed by atoms with Gasteiger partial charge in [-0.2, -0.15) is 0 Å². The fourth-order valence-electron chi connectivity index (χ4n) is 3.36. The van der Waals surface area contributed by atoms with Crippen LogP contribution >= 0.6 is 15.9 Å². The molecule has 0 saturated carbocycles. The number of hydroxylamine groups is 2. The summed E-state index contributed by atoms with van der Waals surface area (Å²) in [4.78, 5) is 31.5. The van der Waals surface area contributed by atoms with Crippen molar-refractivity contribution in [2.24, 2.45) is 7.05 Å². The van der Waals surface area contributed by atoms with Gasteiger partial charge in [-0.15, -0.1) is 0 Å². The Kier molecular flexibility index (Phi) is 6.88. The lowest BCUT2D eigenvalue weighted by Gasteiger charge is -2.33. The van der Waals surface area contributed by atoms with Gasteiger partial charge in [0.15, 0.2) is 0 Å². The molecular weight excluding hydrogens is 469 g/mol. The number of benzene rings is 1. The van der Waals surface area contributed by atoms with Gasteiger partial charge in [0.25, 0.3) is 11.5 Å². The SMILES string of the molecule is CC1CN(OCCOC(C)(C)C)C(=O)c2c1cc(=O)n(C)c2Nc1ccc(Br)cc1F. The lowest BCUT2D eigenvalue weighted by Crippen LogP contribution is -2.42. The minimum Gasteiger partial charge on any atom is -0.373 e. The van der Waals surface area contributed by atoms with Crippen LogP contribution in [0.2, 0.25) is 0 Å². The van der Waals surface area contributed by atoms with Gasteiger partial charge >= 0.3 is 0 Å². The Balaban J connectivity index is 1.93. The Bertz CT molecular complexity index is 1050. The first-order chi connectivity index (χ1) is 14.5. The zero-order valence-electron chi connectivity index (χ0n) is 18.3. The first-order valence-electron chi connectivity index (χ1n) is 10.0. The molecule has 0 bridgehead atoms. The lowest BCUT2D eigenvalue weighted by molar-refractivity contribution is -0.150. The van der Waals surface area contributed by atoms with E-state index < -0.39 is 5.82 Å². The van der Waals surface area contributed by atoms with Crippen LogP contribution < -0.4 is 10.9 Å². The van der Waals surface area contributed by atoms with Gasteiger partial charge in [-0.3, -0.25) is 19.0 Å². The third-order valence-electron chi connectivity index (χ3n) is 4.93. The van der Waals surface area contributed by atoms with Gasteiger partial charge in [0.2, 0.25) is 0 Å². The van der Waals surface area contributed by atoms with E-state index in [1.165, 1.54) is 34.9 Å². The van der Waals surface area contributed by atoms with E-state index in [4.69, 9.17) is 9.57 Å². The second kappa shape index (κ2) is 9.10. The average Bonchev–Trinajstić information content (AvgIpc) is 2.67. The van der Waals surface area contributed by atoms with Crippen molar-refractivity contribution in [3.63, 3.8) is 0 Å². The first-order valence-corrected chi connectivity index (χ1v) is 10.8. The number of pyridine rings is 1. The van der Waals surface area contributed by atoms with Crippen molar-refractivity contribution in [3.8, 4) is 0 Å². The monoisotopic (exact) mass is 495 g/mol. The molecule has 3 rings (SSSR count). The van der Waals surface area contributed by atoms with Gasteiger partial charge in [0.1, 0.15) is 11.6 Å². The summed E-state index contributed by atoms with van der Waals surface area (Å²) >= 11 is 3.22. The van der Waals surface area contributed by atoms with Gasteiger partial charge in [-0.1, -0.05) is 22.9 Å². The summed E-state index contributed by atoms with van der Waals surface area (Å²) < 4.78 is 22.0. The number of rotatable bonds is 6. The number of hydrogen-bond donors (Lipinski definition) is 1. The van der Waals surface area contributed by atoms with E-state index in [0.717, 1.165) is 0 Å². The molecule has 1 atom stereocenters. The molecule has 7 nitrogen and oxygen atoms in total. The van der Waals surface area contributed by atoms with Gasteiger partial charge in [-0.25, -0.2) is 9.45 Å². The van der Waals surface area contributed by atoms with Crippen LogP contribution in [-0.2, 0) is 16.6 Å². The molecule has 0 aliphatic carbocycles. The molecule has 1 aliphatic heterocycles. The van der Waals surface area contributed by atoms with E-state index in [0.29, 0.717) is 28.8 Å². The normalized spacial score (nSPS) is 16.4. The molecule has 1 aliphatic rings. The summed E-state index contributed by atoms with van der Waals surface area (Å²) in [5.41, 5.74) is 0.466. The number of hydrogen-bond acceptors (Lipinski definition) is 5. The van der Waals surface area contributed by atoms with Crippen molar-refractivity contribution < 1.29 is 18.8 Å². The zero-order chi connectivity index (χ0) is 22.9. The Morgan fingerprint density at radius 1 is 1.23 bits per heavy atom. The smallest absolute Gasteiger partial charge is 0.281 e. The van der Waals surface area contributed by atoms with Crippen molar-refractivity contribution in [3.05, 3.63) is 56.0 Å². The van der Waals surface area contributed by atoms with E-state index in [-0.39, 0.29) is 41.1 Å². The number of carbonyl (C=O) groups excluding carboxylic acids is 1. The van der Waals surface area contributed by atoms with Crippen LogP contribution in [0.15, 0.2) is 33.5 Å².